The molecule has 0 aromatic heterocycles. The molecule has 2 rings (SSSR count). The molecule has 0 spiro atoms. The van der Waals surface area contributed by atoms with Crippen molar-refractivity contribution in [1.82, 2.24) is 5.32 Å². The molecular formula is C14H26N2O. The Balaban J connectivity index is 1.84. The van der Waals surface area contributed by atoms with Gasteiger partial charge < -0.3 is 11.1 Å². The van der Waals surface area contributed by atoms with E-state index in [0.717, 1.165) is 6.42 Å². The summed E-state index contributed by atoms with van der Waals surface area (Å²) in [7, 11) is 0. The maximum Gasteiger partial charge on any atom is 0.223 e. The first-order valence-electron chi connectivity index (χ1n) is 7.05. The predicted octanol–water partition coefficient (Wildman–Crippen LogP) is 2.06. The van der Waals surface area contributed by atoms with Gasteiger partial charge in [-0.05, 0) is 30.6 Å². The van der Waals surface area contributed by atoms with Gasteiger partial charge in [0.25, 0.3) is 0 Å². The van der Waals surface area contributed by atoms with Crippen molar-refractivity contribution in [1.29, 1.82) is 0 Å². The highest BCUT2D eigenvalue weighted by atomic mass is 16.2. The molecule has 2 unspecified atom stereocenters. The Kier molecular flexibility index (Phi) is 3.76. The van der Waals surface area contributed by atoms with Gasteiger partial charge in [-0.15, -0.1) is 0 Å². The Morgan fingerprint density at radius 1 is 1.35 bits per heavy atom. The monoisotopic (exact) mass is 238 g/mol. The van der Waals surface area contributed by atoms with E-state index in [0.29, 0.717) is 12.5 Å². The van der Waals surface area contributed by atoms with Gasteiger partial charge in [-0.3, -0.25) is 4.79 Å². The molecule has 98 valence electrons. The molecule has 0 aromatic rings. The normalized spacial score (nSPS) is 29.7. The van der Waals surface area contributed by atoms with Crippen molar-refractivity contribution < 1.29 is 4.79 Å². The second-order valence-electron chi connectivity index (χ2n) is 6.49. The van der Waals surface area contributed by atoms with Crippen LogP contribution in [0.2, 0.25) is 0 Å². The van der Waals surface area contributed by atoms with Crippen LogP contribution < -0.4 is 11.1 Å². The smallest absolute Gasteiger partial charge is 0.223 e. The summed E-state index contributed by atoms with van der Waals surface area (Å²) in [6, 6.07) is 0.208. The molecule has 0 aliphatic heterocycles. The van der Waals surface area contributed by atoms with Crippen LogP contribution in [-0.2, 0) is 4.79 Å². The van der Waals surface area contributed by atoms with Gasteiger partial charge in [0.05, 0.1) is 0 Å². The van der Waals surface area contributed by atoms with E-state index in [1.165, 1.54) is 32.1 Å². The van der Waals surface area contributed by atoms with E-state index in [9.17, 15) is 4.79 Å². The SMILES string of the molecule is CC1(C)CC1C(=O)NC(CN)C1CCCCC1. The molecule has 0 bridgehead atoms. The standard InChI is InChI=1S/C14H26N2O/c1-14(2)8-11(14)13(17)16-12(9-15)10-6-4-3-5-7-10/h10-12H,3-9,15H2,1-2H3,(H,16,17). The largest absolute Gasteiger partial charge is 0.352 e. The first-order chi connectivity index (χ1) is 8.04. The minimum Gasteiger partial charge on any atom is -0.352 e. The highest BCUT2D eigenvalue weighted by molar-refractivity contribution is 5.82. The van der Waals surface area contributed by atoms with Crippen molar-refractivity contribution in [2.45, 2.75) is 58.4 Å². The van der Waals surface area contributed by atoms with E-state index < -0.39 is 0 Å². The van der Waals surface area contributed by atoms with Crippen molar-refractivity contribution in [3.8, 4) is 0 Å². The lowest BCUT2D eigenvalue weighted by Gasteiger charge is -2.30. The predicted molar refractivity (Wildman–Crippen MR) is 69.4 cm³/mol. The minimum absolute atomic E-state index is 0.208. The quantitative estimate of drug-likeness (QED) is 0.787. The van der Waals surface area contributed by atoms with Crippen LogP contribution in [0.3, 0.4) is 0 Å². The molecular weight excluding hydrogens is 212 g/mol. The second-order valence-corrected chi connectivity index (χ2v) is 6.49. The molecule has 2 saturated carbocycles. The summed E-state index contributed by atoms with van der Waals surface area (Å²) < 4.78 is 0. The molecule has 3 nitrogen and oxygen atoms in total. The first-order valence-corrected chi connectivity index (χ1v) is 7.05. The molecule has 2 aliphatic carbocycles. The van der Waals surface area contributed by atoms with E-state index in [1.54, 1.807) is 0 Å². The van der Waals surface area contributed by atoms with Crippen LogP contribution in [0.25, 0.3) is 0 Å². The molecule has 3 N–H and O–H groups in total. The Labute approximate surface area is 105 Å². The minimum atomic E-state index is 0.208. The fourth-order valence-electron chi connectivity index (χ4n) is 3.10. The molecule has 2 aliphatic rings. The van der Waals surface area contributed by atoms with Crippen molar-refractivity contribution in [2.75, 3.05) is 6.54 Å². The number of carbonyl (C=O) groups is 1. The van der Waals surface area contributed by atoms with Gasteiger partial charge in [0, 0.05) is 18.5 Å². The number of hydrogen-bond donors (Lipinski definition) is 2. The molecule has 2 atom stereocenters. The van der Waals surface area contributed by atoms with E-state index in [2.05, 4.69) is 19.2 Å². The molecule has 0 saturated heterocycles. The molecule has 3 heteroatoms. The lowest BCUT2D eigenvalue weighted by atomic mass is 9.84. The maximum atomic E-state index is 12.1. The van der Waals surface area contributed by atoms with Gasteiger partial charge in [0.15, 0.2) is 0 Å². The molecule has 1 amide bonds. The van der Waals surface area contributed by atoms with Gasteiger partial charge in [-0.2, -0.15) is 0 Å². The number of amides is 1. The number of nitrogens with one attached hydrogen (secondary N) is 1. The molecule has 0 aromatic carbocycles. The molecule has 0 radical (unpaired) electrons. The number of nitrogens with two attached hydrogens (primary N) is 1. The van der Waals surface area contributed by atoms with E-state index in [-0.39, 0.29) is 23.3 Å². The molecule has 2 fully saturated rings. The molecule has 0 heterocycles. The Morgan fingerprint density at radius 2 is 1.94 bits per heavy atom. The summed E-state index contributed by atoms with van der Waals surface area (Å²) in [6.45, 7) is 4.91. The third-order valence-electron chi connectivity index (χ3n) is 4.63. The van der Waals surface area contributed by atoms with Crippen molar-refractivity contribution in [3.63, 3.8) is 0 Å². The number of hydrogen-bond acceptors (Lipinski definition) is 2. The summed E-state index contributed by atoms with van der Waals surface area (Å²) in [4.78, 5) is 12.1. The maximum absolute atomic E-state index is 12.1. The van der Waals surface area contributed by atoms with Crippen LogP contribution in [0.5, 0.6) is 0 Å². The molecule has 17 heavy (non-hydrogen) atoms. The summed E-state index contributed by atoms with van der Waals surface area (Å²) in [5, 5.41) is 3.19. The van der Waals surface area contributed by atoms with Gasteiger partial charge in [-0.25, -0.2) is 0 Å². The van der Waals surface area contributed by atoms with Gasteiger partial charge >= 0.3 is 0 Å². The van der Waals surface area contributed by atoms with Crippen LogP contribution in [0.4, 0.5) is 0 Å². The zero-order valence-electron chi connectivity index (χ0n) is 11.2. The Bertz CT molecular complexity index is 282. The van der Waals surface area contributed by atoms with Crippen molar-refractivity contribution >= 4 is 5.91 Å². The third kappa shape index (κ3) is 3.01. The summed E-state index contributed by atoms with van der Waals surface area (Å²) >= 11 is 0. The summed E-state index contributed by atoms with van der Waals surface area (Å²) in [5.41, 5.74) is 6.04. The Hall–Kier alpha value is -0.570. The summed E-state index contributed by atoms with van der Waals surface area (Å²) in [6.07, 6.45) is 7.43. The number of rotatable bonds is 4. The van der Waals surface area contributed by atoms with E-state index in [1.807, 2.05) is 0 Å². The first kappa shape index (κ1) is 12.9. The van der Waals surface area contributed by atoms with Crippen LogP contribution in [0.15, 0.2) is 0 Å². The topological polar surface area (TPSA) is 55.1 Å². The van der Waals surface area contributed by atoms with Crippen LogP contribution in [0, 0.1) is 17.3 Å². The Morgan fingerprint density at radius 3 is 2.41 bits per heavy atom. The van der Waals surface area contributed by atoms with Gasteiger partial charge in [0.1, 0.15) is 0 Å². The second kappa shape index (κ2) is 4.97. The summed E-state index contributed by atoms with van der Waals surface area (Å²) in [5.74, 6) is 1.07. The zero-order valence-corrected chi connectivity index (χ0v) is 11.2. The van der Waals surface area contributed by atoms with Crippen molar-refractivity contribution in [2.24, 2.45) is 23.0 Å². The average Bonchev–Trinajstić information content (AvgIpc) is 2.96. The number of carbonyl (C=O) groups excluding carboxylic acids is 1. The van der Waals surface area contributed by atoms with Crippen LogP contribution in [-0.4, -0.2) is 18.5 Å². The van der Waals surface area contributed by atoms with E-state index >= 15 is 0 Å². The van der Waals surface area contributed by atoms with Crippen molar-refractivity contribution in [3.05, 3.63) is 0 Å². The van der Waals surface area contributed by atoms with Gasteiger partial charge in [0.2, 0.25) is 5.91 Å². The highest BCUT2D eigenvalue weighted by Gasteiger charge is 2.50. The zero-order chi connectivity index (χ0) is 12.5. The van der Waals surface area contributed by atoms with Crippen LogP contribution >= 0.6 is 0 Å². The lowest BCUT2D eigenvalue weighted by Crippen LogP contribution is -2.46. The average molecular weight is 238 g/mol. The van der Waals surface area contributed by atoms with Gasteiger partial charge in [-0.1, -0.05) is 33.1 Å². The fourth-order valence-corrected chi connectivity index (χ4v) is 3.10. The fraction of sp³-hybridized carbons (Fsp3) is 0.929. The lowest BCUT2D eigenvalue weighted by molar-refractivity contribution is -0.124. The third-order valence-corrected chi connectivity index (χ3v) is 4.63. The highest BCUT2D eigenvalue weighted by Crippen LogP contribution is 2.51. The van der Waals surface area contributed by atoms with Crippen LogP contribution in [0.1, 0.15) is 52.4 Å². The van der Waals surface area contributed by atoms with E-state index in [4.69, 9.17) is 5.73 Å².